The topological polar surface area (TPSA) is 29.5 Å². The molecule has 0 aromatic heterocycles. The molecule has 2 aromatic carbocycles. The van der Waals surface area contributed by atoms with Crippen LogP contribution in [0.1, 0.15) is 36.5 Å². The fraction of sp³-hybridized carbons (Fsp3) is 0.350. The minimum absolute atomic E-state index is 0.0648. The average Bonchev–Trinajstić information content (AvgIpc) is 2.63. The SMILES string of the molecule is CC(CC(=O)N1CCOC(c2ccccc2)C1)c1ccc(F)cc1. The van der Waals surface area contributed by atoms with E-state index in [1.165, 1.54) is 12.1 Å². The molecule has 24 heavy (non-hydrogen) atoms. The molecule has 1 saturated heterocycles. The molecule has 0 N–H and O–H groups in total. The highest BCUT2D eigenvalue weighted by molar-refractivity contribution is 5.77. The van der Waals surface area contributed by atoms with Crippen LogP contribution in [-0.4, -0.2) is 30.5 Å². The summed E-state index contributed by atoms with van der Waals surface area (Å²) in [7, 11) is 0. The van der Waals surface area contributed by atoms with E-state index < -0.39 is 0 Å². The summed E-state index contributed by atoms with van der Waals surface area (Å²) in [6.07, 6.45) is 0.359. The molecule has 4 heteroatoms. The van der Waals surface area contributed by atoms with Gasteiger partial charge in [-0.15, -0.1) is 0 Å². The summed E-state index contributed by atoms with van der Waals surface area (Å²) < 4.78 is 18.8. The smallest absolute Gasteiger partial charge is 0.223 e. The highest BCUT2D eigenvalue weighted by Gasteiger charge is 2.26. The normalized spacial score (nSPS) is 19.1. The molecule has 0 saturated carbocycles. The van der Waals surface area contributed by atoms with Gasteiger partial charge >= 0.3 is 0 Å². The number of benzene rings is 2. The quantitative estimate of drug-likeness (QED) is 0.852. The van der Waals surface area contributed by atoms with Gasteiger partial charge in [-0.3, -0.25) is 4.79 Å². The van der Waals surface area contributed by atoms with Gasteiger partial charge < -0.3 is 9.64 Å². The molecule has 0 aliphatic carbocycles. The van der Waals surface area contributed by atoms with Crippen LogP contribution in [0.15, 0.2) is 54.6 Å². The first-order valence-electron chi connectivity index (χ1n) is 8.33. The maximum Gasteiger partial charge on any atom is 0.223 e. The molecule has 2 unspecified atom stereocenters. The minimum atomic E-state index is -0.254. The Morgan fingerprint density at radius 1 is 1.21 bits per heavy atom. The van der Waals surface area contributed by atoms with Crippen LogP contribution in [0, 0.1) is 5.82 Å². The molecule has 3 rings (SSSR count). The first-order valence-corrected chi connectivity index (χ1v) is 8.33. The van der Waals surface area contributed by atoms with Gasteiger partial charge in [0.05, 0.1) is 13.2 Å². The van der Waals surface area contributed by atoms with Gasteiger partial charge in [-0.05, 0) is 29.2 Å². The summed E-state index contributed by atoms with van der Waals surface area (Å²) in [6.45, 7) is 3.76. The van der Waals surface area contributed by atoms with E-state index in [1.54, 1.807) is 12.1 Å². The molecule has 2 atom stereocenters. The summed E-state index contributed by atoms with van der Waals surface area (Å²) in [5.41, 5.74) is 2.08. The minimum Gasteiger partial charge on any atom is -0.370 e. The maximum absolute atomic E-state index is 13.0. The molecular weight excluding hydrogens is 305 g/mol. The van der Waals surface area contributed by atoms with Crippen molar-refractivity contribution in [3.8, 4) is 0 Å². The second-order valence-corrected chi connectivity index (χ2v) is 6.27. The van der Waals surface area contributed by atoms with Gasteiger partial charge in [-0.25, -0.2) is 4.39 Å². The molecular formula is C20H22FNO2. The molecule has 3 nitrogen and oxygen atoms in total. The van der Waals surface area contributed by atoms with E-state index in [4.69, 9.17) is 4.74 Å². The molecule has 2 aromatic rings. The summed E-state index contributed by atoms with van der Waals surface area (Å²) in [5.74, 6) is -0.0664. The molecule has 1 heterocycles. The van der Waals surface area contributed by atoms with E-state index in [0.717, 1.165) is 11.1 Å². The van der Waals surface area contributed by atoms with Crippen molar-refractivity contribution in [2.45, 2.75) is 25.4 Å². The molecule has 1 aliphatic heterocycles. The Hall–Kier alpha value is -2.20. The van der Waals surface area contributed by atoms with Crippen LogP contribution in [0.4, 0.5) is 4.39 Å². The molecule has 0 radical (unpaired) electrons. The molecule has 126 valence electrons. The number of halogens is 1. The van der Waals surface area contributed by atoms with Crippen LogP contribution in [0.25, 0.3) is 0 Å². The van der Waals surface area contributed by atoms with E-state index in [-0.39, 0.29) is 23.7 Å². The number of rotatable bonds is 4. The van der Waals surface area contributed by atoms with Gasteiger partial charge in [0.25, 0.3) is 0 Å². The summed E-state index contributed by atoms with van der Waals surface area (Å²) in [6, 6.07) is 16.4. The third-order valence-corrected chi connectivity index (χ3v) is 4.51. The van der Waals surface area contributed by atoms with Crippen molar-refractivity contribution in [2.75, 3.05) is 19.7 Å². The van der Waals surface area contributed by atoms with Crippen molar-refractivity contribution in [3.05, 3.63) is 71.5 Å². The van der Waals surface area contributed by atoms with E-state index >= 15 is 0 Å². The molecule has 0 bridgehead atoms. The lowest BCUT2D eigenvalue weighted by atomic mass is 9.97. The number of nitrogens with zero attached hydrogens (tertiary/aromatic N) is 1. The predicted molar refractivity (Wildman–Crippen MR) is 91.1 cm³/mol. The van der Waals surface area contributed by atoms with E-state index in [0.29, 0.717) is 26.1 Å². The van der Waals surface area contributed by atoms with E-state index in [1.807, 2.05) is 42.2 Å². The van der Waals surface area contributed by atoms with Crippen LogP contribution in [0.3, 0.4) is 0 Å². The van der Waals surface area contributed by atoms with Gasteiger partial charge in [-0.1, -0.05) is 49.4 Å². The zero-order valence-corrected chi connectivity index (χ0v) is 13.8. The Morgan fingerprint density at radius 2 is 1.92 bits per heavy atom. The molecule has 0 spiro atoms. The number of hydrogen-bond acceptors (Lipinski definition) is 2. The van der Waals surface area contributed by atoms with Crippen LogP contribution < -0.4 is 0 Å². The number of amides is 1. The van der Waals surface area contributed by atoms with Crippen molar-refractivity contribution >= 4 is 5.91 Å². The van der Waals surface area contributed by atoms with Gasteiger partial charge in [0.15, 0.2) is 0 Å². The number of carbonyl (C=O) groups excluding carboxylic acids is 1. The van der Waals surface area contributed by atoms with E-state index in [2.05, 4.69) is 0 Å². The fourth-order valence-electron chi connectivity index (χ4n) is 3.05. The highest BCUT2D eigenvalue weighted by atomic mass is 19.1. The van der Waals surface area contributed by atoms with Crippen molar-refractivity contribution in [1.29, 1.82) is 0 Å². The zero-order chi connectivity index (χ0) is 16.9. The van der Waals surface area contributed by atoms with E-state index in [9.17, 15) is 9.18 Å². The number of ether oxygens (including phenoxy) is 1. The summed E-state index contributed by atoms with van der Waals surface area (Å²) >= 11 is 0. The van der Waals surface area contributed by atoms with Crippen molar-refractivity contribution in [2.24, 2.45) is 0 Å². The summed E-state index contributed by atoms with van der Waals surface area (Å²) in [4.78, 5) is 14.5. The average molecular weight is 327 g/mol. The van der Waals surface area contributed by atoms with Crippen molar-refractivity contribution < 1.29 is 13.9 Å². The van der Waals surface area contributed by atoms with Crippen LogP contribution in [0.2, 0.25) is 0 Å². The third kappa shape index (κ3) is 4.01. The second-order valence-electron chi connectivity index (χ2n) is 6.27. The predicted octanol–water partition coefficient (Wildman–Crippen LogP) is 3.92. The van der Waals surface area contributed by atoms with Crippen molar-refractivity contribution in [1.82, 2.24) is 4.90 Å². The standard InChI is InChI=1S/C20H22FNO2/c1-15(16-7-9-18(21)10-8-16)13-20(23)22-11-12-24-19(14-22)17-5-3-2-4-6-17/h2-10,15,19H,11-14H2,1H3. The van der Waals surface area contributed by atoms with Crippen LogP contribution in [-0.2, 0) is 9.53 Å². The van der Waals surface area contributed by atoms with Gasteiger partial charge in [0.1, 0.15) is 11.9 Å². The Morgan fingerprint density at radius 3 is 2.62 bits per heavy atom. The lowest BCUT2D eigenvalue weighted by molar-refractivity contribution is -0.139. The summed E-state index contributed by atoms with van der Waals surface area (Å²) in [5, 5.41) is 0. The lowest BCUT2D eigenvalue weighted by Gasteiger charge is -2.34. The number of morpholine rings is 1. The first-order chi connectivity index (χ1) is 11.6. The van der Waals surface area contributed by atoms with Gasteiger partial charge in [0, 0.05) is 13.0 Å². The number of hydrogen-bond donors (Lipinski definition) is 0. The maximum atomic E-state index is 13.0. The molecule has 1 fully saturated rings. The molecule has 1 amide bonds. The Labute approximate surface area is 142 Å². The monoisotopic (exact) mass is 327 g/mol. The Bertz CT molecular complexity index is 672. The lowest BCUT2D eigenvalue weighted by Crippen LogP contribution is -2.42. The first kappa shape index (κ1) is 16.7. The number of carbonyl (C=O) groups is 1. The second kappa shape index (κ2) is 7.58. The Balaban J connectivity index is 1.61. The Kier molecular flexibility index (Phi) is 5.26. The third-order valence-electron chi connectivity index (χ3n) is 4.51. The van der Waals surface area contributed by atoms with Gasteiger partial charge in [-0.2, -0.15) is 0 Å². The highest BCUT2D eigenvalue weighted by Crippen LogP contribution is 2.25. The molecule has 1 aliphatic rings. The van der Waals surface area contributed by atoms with Crippen molar-refractivity contribution in [3.63, 3.8) is 0 Å². The fourth-order valence-corrected chi connectivity index (χ4v) is 3.05. The zero-order valence-electron chi connectivity index (χ0n) is 13.8. The van der Waals surface area contributed by atoms with Gasteiger partial charge in [0.2, 0.25) is 5.91 Å². The van der Waals surface area contributed by atoms with Crippen LogP contribution in [0.5, 0.6) is 0 Å². The largest absolute Gasteiger partial charge is 0.370 e. The van der Waals surface area contributed by atoms with Crippen LogP contribution >= 0.6 is 0 Å².